The number of halogens is 1. The average molecular weight is 220 g/mol. The molecule has 5 heteroatoms. The molecule has 0 spiro atoms. The molecule has 0 atom stereocenters. The van der Waals surface area contributed by atoms with E-state index in [1.165, 1.54) is 24.5 Å². The second-order valence-corrected chi connectivity index (χ2v) is 3.42. The number of aryl methyl sites for hydroxylation is 1. The van der Waals surface area contributed by atoms with E-state index in [1.54, 1.807) is 13.0 Å². The van der Waals surface area contributed by atoms with Crippen LogP contribution in [0.3, 0.4) is 0 Å². The molecule has 0 bridgehead atoms. The summed E-state index contributed by atoms with van der Waals surface area (Å²) >= 11 is 0. The molecule has 0 fully saturated rings. The molecule has 0 saturated carbocycles. The quantitative estimate of drug-likeness (QED) is 0.728. The molecular formula is C11H9FN2O2. The smallest absolute Gasteiger partial charge is 0.320 e. The van der Waals surface area contributed by atoms with Crippen molar-refractivity contribution in [1.29, 1.82) is 0 Å². The third-order valence-corrected chi connectivity index (χ3v) is 2.21. The van der Waals surface area contributed by atoms with Crippen molar-refractivity contribution in [1.82, 2.24) is 9.55 Å². The molecule has 1 heterocycles. The van der Waals surface area contributed by atoms with Gasteiger partial charge in [-0.25, -0.2) is 4.39 Å². The maximum Gasteiger partial charge on any atom is 0.320 e. The molecule has 16 heavy (non-hydrogen) atoms. The van der Waals surface area contributed by atoms with Crippen LogP contribution in [0.1, 0.15) is 5.56 Å². The van der Waals surface area contributed by atoms with Gasteiger partial charge in [0, 0.05) is 12.4 Å². The molecular weight excluding hydrogens is 211 g/mol. The van der Waals surface area contributed by atoms with Crippen LogP contribution in [0.2, 0.25) is 0 Å². The van der Waals surface area contributed by atoms with E-state index in [-0.39, 0.29) is 5.69 Å². The Bertz CT molecular complexity index is 643. The summed E-state index contributed by atoms with van der Waals surface area (Å²) in [6.07, 6.45) is 2.62. The molecule has 4 nitrogen and oxygen atoms in total. The molecule has 0 amide bonds. The lowest BCUT2D eigenvalue weighted by atomic mass is 10.2. The Morgan fingerprint density at radius 3 is 2.81 bits per heavy atom. The van der Waals surface area contributed by atoms with Crippen molar-refractivity contribution in [3.8, 4) is 5.69 Å². The largest absolute Gasteiger partial charge is 0.323 e. The van der Waals surface area contributed by atoms with Gasteiger partial charge < -0.3 is 4.98 Å². The Morgan fingerprint density at radius 2 is 2.06 bits per heavy atom. The van der Waals surface area contributed by atoms with Gasteiger partial charge in [-0.1, -0.05) is 6.07 Å². The van der Waals surface area contributed by atoms with E-state index in [9.17, 15) is 14.0 Å². The minimum absolute atomic E-state index is 0.0797. The van der Waals surface area contributed by atoms with Crippen LogP contribution >= 0.6 is 0 Å². The SMILES string of the molecule is Cc1ccc(F)c(-n2cc[nH]c(=O)c2=O)c1. The van der Waals surface area contributed by atoms with Crippen LogP contribution < -0.4 is 11.1 Å². The van der Waals surface area contributed by atoms with E-state index in [2.05, 4.69) is 4.98 Å². The van der Waals surface area contributed by atoms with Crippen molar-refractivity contribution in [2.75, 3.05) is 0 Å². The highest BCUT2D eigenvalue weighted by molar-refractivity contribution is 5.36. The number of hydrogen-bond acceptors (Lipinski definition) is 2. The number of aromatic nitrogens is 2. The molecule has 2 aromatic rings. The van der Waals surface area contributed by atoms with Gasteiger partial charge in [-0.2, -0.15) is 0 Å². The highest BCUT2D eigenvalue weighted by Gasteiger charge is 2.07. The number of nitrogens with zero attached hydrogens (tertiary/aromatic N) is 1. The number of H-pyrrole nitrogens is 1. The van der Waals surface area contributed by atoms with Gasteiger partial charge in [0.2, 0.25) is 0 Å². The van der Waals surface area contributed by atoms with E-state index in [0.717, 1.165) is 10.1 Å². The fourth-order valence-corrected chi connectivity index (χ4v) is 1.42. The van der Waals surface area contributed by atoms with Crippen LogP contribution in [-0.2, 0) is 0 Å². The monoisotopic (exact) mass is 220 g/mol. The Labute approximate surface area is 90.0 Å². The molecule has 82 valence electrons. The summed E-state index contributed by atoms with van der Waals surface area (Å²) in [7, 11) is 0. The molecule has 0 radical (unpaired) electrons. The summed E-state index contributed by atoms with van der Waals surface area (Å²) in [6.45, 7) is 1.78. The molecule has 0 aliphatic rings. The number of aromatic amines is 1. The van der Waals surface area contributed by atoms with E-state index in [0.29, 0.717) is 0 Å². The summed E-state index contributed by atoms with van der Waals surface area (Å²) in [5, 5.41) is 0. The summed E-state index contributed by atoms with van der Waals surface area (Å²) in [6, 6.07) is 4.37. The van der Waals surface area contributed by atoms with Crippen LogP contribution in [0, 0.1) is 12.7 Å². The van der Waals surface area contributed by atoms with Crippen LogP contribution in [0.15, 0.2) is 40.2 Å². The number of hydrogen-bond donors (Lipinski definition) is 1. The molecule has 1 aromatic carbocycles. The van der Waals surface area contributed by atoms with Gasteiger partial charge in [0.05, 0.1) is 5.69 Å². The van der Waals surface area contributed by atoms with Crippen molar-refractivity contribution in [2.45, 2.75) is 6.92 Å². The van der Waals surface area contributed by atoms with Gasteiger partial charge in [0.15, 0.2) is 0 Å². The second kappa shape index (κ2) is 3.77. The molecule has 0 saturated heterocycles. The van der Waals surface area contributed by atoms with Crippen LogP contribution in [0.25, 0.3) is 5.69 Å². The first-order valence-electron chi connectivity index (χ1n) is 4.66. The maximum absolute atomic E-state index is 13.5. The standard InChI is InChI=1S/C11H9FN2O2/c1-7-2-3-8(12)9(6-7)14-5-4-13-10(15)11(14)16/h2-6H,1H3,(H,13,15). The Balaban J connectivity index is 2.77. The highest BCUT2D eigenvalue weighted by atomic mass is 19.1. The lowest BCUT2D eigenvalue weighted by molar-refractivity contribution is 0.614. The van der Waals surface area contributed by atoms with E-state index in [4.69, 9.17) is 0 Å². The second-order valence-electron chi connectivity index (χ2n) is 3.42. The van der Waals surface area contributed by atoms with Crippen LogP contribution in [-0.4, -0.2) is 9.55 Å². The molecule has 1 N–H and O–H groups in total. The number of rotatable bonds is 1. The number of benzene rings is 1. The van der Waals surface area contributed by atoms with Crippen molar-refractivity contribution in [3.63, 3.8) is 0 Å². The lowest BCUT2D eigenvalue weighted by Crippen LogP contribution is -2.34. The predicted molar refractivity (Wildman–Crippen MR) is 57.4 cm³/mol. The van der Waals surface area contributed by atoms with Crippen molar-refractivity contribution >= 4 is 0 Å². The van der Waals surface area contributed by atoms with Gasteiger partial charge >= 0.3 is 11.1 Å². The summed E-state index contributed by atoms with van der Waals surface area (Å²) < 4.78 is 14.5. The topological polar surface area (TPSA) is 54.9 Å². The Morgan fingerprint density at radius 1 is 1.31 bits per heavy atom. The first-order valence-corrected chi connectivity index (χ1v) is 4.66. The van der Waals surface area contributed by atoms with Crippen molar-refractivity contribution in [3.05, 3.63) is 62.7 Å². The third-order valence-electron chi connectivity index (χ3n) is 2.21. The van der Waals surface area contributed by atoms with Gasteiger partial charge in [0.1, 0.15) is 5.82 Å². The summed E-state index contributed by atoms with van der Waals surface area (Å²) in [5.74, 6) is -0.543. The van der Waals surface area contributed by atoms with Gasteiger partial charge in [-0.3, -0.25) is 14.2 Å². The van der Waals surface area contributed by atoms with Crippen LogP contribution in [0.5, 0.6) is 0 Å². The van der Waals surface area contributed by atoms with Gasteiger partial charge in [-0.15, -0.1) is 0 Å². The zero-order valence-corrected chi connectivity index (χ0v) is 8.53. The zero-order valence-electron chi connectivity index (χ0n) is 8.53. The van der Waals surface area contributed by atoms with Crippen LogP contribution in [0.4, 0.5) is 4.39 Å². The summed E-state index contributed by atoms with van der Waals surface area (Å²) in [4.78, 5) is 24.8. The van der Waals surface area contributed by atoms with Gasteiger partial charge in [-0.05, 0) is 24.6 Å². The maximum atomic E-state index is 13.5. The molecule has 1 aromatic heterocycles. The fourth-order valence-electron chi connectivity index (χ4n) is 1.42. The van der Waals surface area contributed by atoms with Crippen molar-refractivity contribution in [2.24, 2.45) is 0 Å². The minimum Gasteiger partial charge on any atom is -0.323 e. The third kappa shape index (κ3) is 1.67. The molecule has 2 rings (SSSR count). The first-order chi connectivity index (χ1) is 7.59. The lowest BCUT2D eigenvalue weighted by Gasteiger charge is -2.06. The zero-order chi connectivity index (χ0) is 11.7. The molecule has 0 aliphatic carbocycles. The Kier molecular flexibility index (Phi) is 2.44. The van der Waals surface area contributed by atoms with Crippen molar-refractivity contribution < 1.29 is 4.39 Å². The summed E-state index contributed by atoms with van der Waals surface area (Å²) in [5.41, 5.74) is -0.685. The Hall–Kier alpha value is -2.17. The fraction of sp³-hybridized carbons (Fsp3) is 0.0909. The minimum atomic E-state index is -0.799. The van der Waals surface area contributed by atoms with E-state index < -0.39 is 16.9 Å². The highest BCUT2D eigenvalue weighted by Crippen LogP contribution is 2.12. The first kappa shape index (κ1) is 10.4. The van der Waals surface area contributed by atoms with Gasteiger partial charge in [0.25, 0.3) is 0 Å². The number of nitrogens with one attached hydrogen (secondary N) is 1. The molecule has 0 unspecified atom stereocenters. The van der Waals surface area contributed by atoms with E-state index in [1.807, 2.05) is 0 Å². The molecule has 0 aliphatic heterocycles. The average Bonchev–Trinajstić information content (AvgIpc) is 2.26. The normalized spacial score (nSPS) is 10.4. The predicted octanol–water partition coefficient (Wildman–Crippen LogP) is 0.973. The van der Waals surface area contributed by atoms with E-state index >= 15 is 0 Å².